The summed E-state index contributed by atoms with van der Waals surface area (Å²) in [4.78, 5) is 11.5. The maximum atomic E-state index is 12.8. The highest BCUT2D eigenvalue weighted by molar-refractivity contribution is 5.69. The highest BCUT2D eigenvalue weighted by Gasteiger charge is 2.39. The van der Waals surface area contributed by atoms with Crippen molar-refractivity contribution < 1.29 is 42.8 Å². The lowest BCUT2D eigenvalue weighted by molar-refractivity contribution is -0.147. The molecular formula is C26H35F3O6. The molecule has 0 heterocycles. The number of benzene rings is 1. The molecule has 5 atom stereocenters. The fourth-order valence-electron chi connectivity index (χ4n) is 4.02. The van der Waals surface area contributed by atoms with Crippen LogP contribution in [0.25, 0.3) is 0 Å². The summed E-state index contributed by atoms with van der Waals surface area (Å²) in [5.74, 6) is -0.883. The van der Waals surface area contributed by atoms with E-state index in [9.17, 15) is 33.3 Å². The van der Waals surface area contributed by atoms with E-state index >= 15 is 0 Å². The summed E-state index contributed by atoms with van der Waals surface area (Å²) in [5, 5.41) is 30.8. The number of aliphatic hydroxyl groups is 3. The molecule has 1 unspecified atom stereocenters. The number of halogens is 3. The van der Waals surface area contributed by atoms with Crippen LogP contribution < -0.4 is 4.74 Å². The maximum Gasteiger partial charge on any atom is 0.416 e. The number of carbonyl (C=O) groups excluding carboxylic acids is 1. The van der Waals surface area contributed by atoms with Crippen molar-refractivity contribution in [2.75, 3.05) is 6.61 Å². The number of aliphatic hydroxyl groups excluding tert-OH is 3. The summed E-state index contributed by atoms with van der Waals surface area (Å²) in [7, 11) is 0. The highest BCUT2D eigenvalue weighted by Crippen LogP contribution is 2.36. The zero-order valence-corrected chi connectivity index (χ0v) is 20.0. The van der Waals surface area contributed by atoms with Gasteiger partial charge in [0.25, 0.3) is 0 Å². The van der Waals surface area contributed by atoms with E-state index in [4.69, 9.17) is 9.47 Å². The molecule has 9 heteroatoms. The van der Waals surface area contributed by atoms with Crippen molar-refractivity contribution in [3.05, 3.63) is 54.1 Å². The van der Waals surface area contributed by atoms with Crippen LogP contribution in [0.3, 0.4) is 0 Å². The average molecular weight is 501 g/mol. The van der Waals surface area contributed by atoms with Crippen molar-refractivity contribution in [2.24, 2.45) is 11.8 Å². The van der Waals surface area contributed by atoms with Crippen molar-refractivity contribution in [1.82, 2.24) is 0 Å². The molecule has 2 rings (SSSR count). The summed E-state index contributed by atoms with van der Waals surface area (Å²) in [6, 6.07) is 4.40. The van der Waals surface area contributed by atoms with Crippen LogP contribution in [0.2, 0.25) is 0 Å². The van der Waals surface area contributed by atoms with Gasteiger partial charge in [-0.3, -0.25) is 4.79 Å². The number of carbonyl (C=O) groups is 1. The molecule has 0 aromatic heterocycles. The van der Waals surface area contributed by atoms with E-state index in [0.717, 1.165) is 12.1 Å². The van der Waals surface area contributed by atoms with Gasteiger partial charge in [0.2, 0.25) is 0 Å². The van der Waals surface area contributed by atoms with Gasteiger partial charge in [0.1, 0.15) is 18.5 Å². The second kappa shape index (κ2) is 13.7. The summed E-state index contributed by atoms with van der Waals surface area (Å²) in [5.41, 5.74) is -0.838. The molecule has 6 nitrogen and oxygen atoms in total. The van der Waals surface area contributed by atoms with Crippen molar-refractivity contribution in [1.29, 1.82) is 0 Å². The molecule has 0 aliphatic heterocycles. The number of allylic oxidation sites excluding steroid dienone is 2. The van der Waals surface area contributed by atoms with Crippen LogP contribution >= 0.6 is 0 Å². The van der Waals surface area contributed by atoms with Gasteiger partial charge in [-0.15, -0.1) is 0 Å². The highest BCUT2D eigenvalue weighted by atomic mass is 19.4. The third-order valence-electron chi connectivity index (χ3n) is 5.75. The first-order chi connectivity index (χ1) is 16.5. The van der Waals surface area contributed by atoms with Crippen LogP contribution in [0.1, 0.15) is 51.5 Å². The number of ether oxygens (including phenoxy) is 2. The minimum atomic E-state index is -4.49. The van der Waals surface area contributed by atoms with E-state index in [0.29, 0.717) is 25.7 Å². The minimum absolute atomic E-state index is 0.0101. The van der Waals surface area contributed by atoms with Gasteiger partial charge >= 0.3 is 12.1 Å². The standard InChI is InChI=1S/C26H35F3O6/c1-17(2)35-25(33)11-6-4-3-5-10-21-22(24(32)15-23(21)31)13-12-19(30)16-34-20-9-7-8-18(14-20)26(27,28)29/h3,5,7-9,12-14,17,19,21-24,30-32H,4,6,10-11,15-16H2,1-2H3/b5-3-,13-12+/t19?,21-,22-,23+,24-/m1/s1. The van der Waals surface area contributed by atoms with E-state index in [1.165, 1.54) is 18.2 Å². The number of unbranched alkanes of at least 4 members (excludes halogenated alkanes) is 1. The van der Waals surface area contributed by atoms with Gasteiger partial charge in [-0.1, -0.05) is 30.4 Å². The lowest BCUT2D eigenvalue weighted by Gasteiger charge is -2.19. The van der Waals surface area contributed by atoms with Crippen molar-refractivity contribution in [3.63, 3.8) is 0 Å². The molecule has 0 bridgehead atoms. The first kappa shape index (κ1) is 28.9. The van der Waals surface area contributed by atoms with Crippen LogP contribution in [0.4, 0.5) is 13.2 Å². The van der Waals surface area contributed by atoms with E-state index in [-0.39, 0.29) is 42.7 Å². The fraction of sp³-hybridized carbons (Fsp3) is 0.577. The lowest BCUT2D eigenvalue weighted by Crippen LogP contribution is -2.21. The summed E-state index contributed by atoms with van der Waals surface area (Å²) < 4.78 is 48.8. The summed E-state index contributed by atoms with van der Waals surface area (Å²) in [6.07, 6.45) is 2.09. The first-order valence-corrected chi connectivity index (χ1v) is 11.8. The molecule has 1 aliphatic carbocycles. The van der Waals surface area contributed by atoms with Crippen LogP contribution in [0, 0.1) is 11.8 Å². The largest absolute Gasteiger partial charge is 0.491 e. The number of rotatable bonds is 12. The third-order valence-corrected chi connectivity index (χ3v) is 5.75. The van der Waals surface area contributed by atoms with Gasteiger partial charge in [-0.25, -0.2) is 0 Å². The lowest BCUT2D eigenvalue weighted by atomic mass is 9.89. The third kappa shape index (κ3) is 10.0. The molecule has 35 heavy (non-hydrogen) atoms. The molecule has 0 radical (unpaired) electrons. The normalized spacial score (nSPS) is 23.9. The van der Waals surface area contributed by atoms with Crippen molar-refractivity contribution in [3.8, 4) is 5.75 Å². The molecule has 0 saturated heterocycles. The topological polar surface area (TPSA) is 96.2 Å². The molecule has 0 amide bonds. The molecule has 1 aliphatic rings. The molecule has 196 valence electrons. The van der Waals surface area contributed by atoms with Crippen molar-refractivity contribution in [2.45, 2.75) is 76.5 Å². The van der Waals surface area contributed by atoms with Crippen LogP contribution in [-0.2, 0) is 15.7 Å². The smallest absolute Gasteiger partial charge is 0.416 e. The maximum absolute atomic E-state index is 12.8. The quantitative estimate of drug-likeness (QED) is 0.223. The molecule has 1 saturated carbocycles. The molecule has 1 aromatic carbocycles. The summed E-state index contributed by atoms with van der Waals surface area (Å²) in [6.45, 7) is 3.34. The Kier molecular flexibility index (Phi) is 11.3. The first-order valence-electron chi connectivity index (χ1n) is 11.8. The van der Waals surface area contributed by atoms with Gasteiger partial charge in [0.15, 0.2) is 0 Å². The second-order valence-corrected chi connectivity index (χ2v) is 9.04. The van der Waals surface area contributed by atoms with Crippen LogP contribution in [-0.4, -0.2) is 52.3 Å². The fourth-order valence-corrected chi connectivity index (χ4v) is 4.02. The van der Waals surface area contributed by atoms with Crippen LogP contribution in [0.5, 0.6) is 5.75 Å². The predicted octanol–water partition coefficient (Wildman–Crippen LogP) is 4.43. The Morgan fingerprint density at radius 1 is 1.20 bits per heavy atom. The zero-order valence-electron chi connectivity index (χ0n) is 20.0. The number of alkyl halides is 3. The average Bonchev–Trinajstić information content (AvgIpc) is 3.04. The molecule has 1 fully saturated rings. The Balaban J connectivity index is 1.82. The predicted molar refractivity (Wildman–Crippen MR) is 125 cm³/mol. The minimum Gasteiger partial charge on any atom is -0.491 e. The SMILES string of the molecule is CC(C)OC(=O)CCC/C=C\C[C@@H]1[C@@H](/C=C/C(O)COc2cccc(C(F)(F)F)c2)[C@H](O)C[C@@H]1O. The molecule has 0 spiro atoms. The Morgan fingerprint density at radius 3 is 2.63 bits per heavy atom. The Hall–Kier alpha value is -2.36. The number of esters is 1. The van der Waals surface area contributed by atoms with E-state index in [1.807, 2.05) is 12.2 Å². The number of hydrogen-bond acceptors (Lipinski definition) is 6. The van der Waals surface area contributed by atoms with E-state index < -0.39 is 30.1 Å². The van der Waals surface area contributed by atoms with Gasteiger partial charge in [0, 0.05) is 18.8 Å². The molecule has 3 N–H and O–H groups in total. The molecular weight excluding hydrogens is 465 g/mol. The van der Waals surface area contributed by atoms with Gasteiger partial charge in [0.05, 0.1) is 23.9 Å². The number of hydrogen-bond donors (Lipinski definition) is 3. The molecule has 1 aromatic rings. The van der Waals surface area contributed by atoms with Gasteiger partial charge < -0.3 is 24.8 Å². The zero-order chi connectivity index (χ0) is 26.0. The second-order valence-electron chi connectivity index (χ2n) is 9.04. The monoisotopic (exact) mass is 500 g/mol. The van der Waals surface area contributed by atoms with Crippen LogP contribution in [0.15, 0.2) is 48.6 Å². The Morgan fingerprint density at radius 2 is 1.94 bits per heavy atom. The van der Waals surface area contributed by atoms with Gasteiger partial charge in [-0.05, 0) is 57.2 Å². The van der Waals surface area contributed by atoms with Crippen molar-refractivity contribution >= 4 is 5.97 Å². The Labute approximate surface area is 204 Å². The summed E-state index contributed by atoms with van der Waals surface area (Å²) >= 11 is 0. The van der Waals surface area contributed by atoms with E-state index in [2.05, 4.69) is 0 Å². The Bertz CT molecular complexity index is 852. The van der Waals surface area contributed by atoms with E-state index in [1.54, 1.807) is 19.9 Å². The van der Waals surface area contributed by atoms with Gasteiger partial charge in [-0.2, -0.15) is 13.2 Å².